The highest BCUT2D eigenvalue weighted by atomic mass is 16.3. The van der Waals surface area contributed by atoms with Gasteiger partial charge in [0.2, 0.25) is 0 Å². The lowest BCUT2D eigenvalue weighted by Gasteiger charge is -2.07. The number of aromatic nitrogens is 2. The first-order valence-electron chi connectivity index (χ1n) is 7.66. The van der Waals surface area contributed by atoms with Crippen molar-refractivity contribution in [2.24, 2.45) is 5.73 Å². The Morgan fingerprint density at radius 1 is 1.39 bits per heavy atom. The van der Waals surface area contributed by atoms with Crippen LogP contribution in [0.5, 0.6) is 0 Å². The molecule has 0 aliphatic carbocycles. The number of fused-ring (bicyclic) bond motifs is 1. The van der Waals surface area contributed by atoms with Crippen molar-refractivity contribution in [3.63, 3.8) is 0 Å². The molecule has 2 aromatic heterocycles. The van der Waals surface area contributed by atoms with Gasteiger partial charge in [0.05, 0.1) is 23.1 Å². The molecule has 1 aromatic carbocycles. The quantitative estimate of drug-likeness (QED) is 0.683. The van der Waals surface area contributed by atoms with Crippen molar-refractivity contribution in [2.75, 3.05) is 6.54 Å². The molecule has 0 radical (unpaired) electrons. The number of aryl methyl sites for hydroxylation is 2. The van der Waals surface area contributed by atoms with Crippen LogP contribution in [0.2, 0.25) is 0 Å². The Labute approximate surface area is 134 Å². The number of imidazole rings is 1. The van der Waals surface area contributed by atoms with Crippen LogP contribution >= 0.6 is 0 Å². The molecule has 0 unspecified atom stereocenters. The standard InChI is InChI=1S/C17H20N4O2/c1-12-20-15-5-2-3-6-16(15)21(12)8-4-7-19-17(22)13-9-14(10-18)23-11-13/h2-3,5-6,9,11H,4,7-8,10,18H2,1H3,(H,19,22). The van der Waals surface area contributed by atoms with Crippen LogP contribution in [0.1, 0.15) is 28.4 Å². The van der Waals surface area contributed by atoms with Gasteiger partial charge in [0.15, 0.2) is 0 Å². The van der Waals surface area contributed by atoms with Crippen molar-refractivity contribution >= 4 is 16.9 Å². The molecular weight excluding hydrogens is 292 g/mol. The SMILES string of the molecule is Cc1nc2ccccc2n1CCCNC(=O)c1coc(CN)c1. The van der Waals surface area contributed by atoms with Crippen LogP contribution in [0.25, 0.3) is 11.0 Å². The molecule has 6 heteroatoms. The first-order chi connectivity index (χ1) is 11.2. The number of amides is 1. The summed E-state index contributed by atoms with van der Waals surface area (Å²) in [5, 5.41) is 2.89. The summed E-state index contributed by atoms with van der Waals surface area (Å²) in [4.78, 5) is 16.5. The summed E-state index contributed by atoms with van der Waals surface area (Å²) in [6.45, 7) is 3.69. The summed E-state index contributed by atoms with van der Waals surface area (Å²) in [5.74, 6) is 1.45. The number of nitrogens with two attached hydrogens (primary N) is 1. The van der Waals surface area contributed by atoms with Gasteiger partial charge in [0.25, 0.3) is 5.91 Å². The third kappa shape index (κ3) is 3.27. The molecule has 3 aromatic rings. The topological polar surface area (TPSA) is 86.1 Å². The summed E-state index contributed by atoms with van der Waals surface area (Å²) in [6, 6.07) is 9.74. The summed E-state index contributed by atoms with van der Waals surface area (Å²) in [6.07, 6.45) is 2.26. The van der Waals surface area contributed by atoms with Crippen molar-refractivity contribution in [2.45, 2.75) is 26.4 Å². The summed E-state index contributed by atoms with van der Waals surface area (Å²) in [5.41, 5.74) is 8.10. The minimum Gasteiger partial charge on any atom is -0.467 e. The molecule has 6 nitrogen and oxygen atoms in total. The van der Waals surface area contributed by atoms with Gasteiger partial charge in [0.1, 0.15) is 17.8 Å². The lowest BCUT2D eigenvalue weighted by atomic mass is 10.3. The van der Waals surface area contributed by atoms with E-state index in [1.54, 1.807) is 6.07 Å². The molecule has 2 heterocycles. The van der Waals surface area contributed by atoms with E-state index < -0.39 is 0 Å². The summed E-state index contributed by atoms with van der Waals surface area (Å²) in [7, 11) is 0. The van der Waals surface area contributed by atoms with E-state index in [2.05, 4.69) is 20.9 Å². The van der Waals surface area contributed by atoms with Crippen molar-refractivity contribution in [1.82, 2.24) is 14.9 Å². The van der Waals surface area contributed by atoms with Crippen LogP contribution in [0.15, 0.2) is 41.0 Å². The highest BCUT2D eigenvalue weighted by Crippen LogP contribution is 2.15. The number of nitrogens with one attached hydrogen (secondary N) is 1. The first kappa shape index (κ1) is 15.3. The fourth-order valence-electron chi connectivity index (χ4n) is 2.63. The van der Waals surface area contributed by atoms with Crippen LogP contribution in [0.4, 0.5) is 0 Å². The lowest BCUT2D eigenvalue weighted by molar-refractivity contribution is 0.0952. The molecule has 1 amide bonds. The molecule has 3 N–H and O–H groups in total. The molecule has 3 rings (SSSR count). The number of carbonyl (C=O) groups is 1. The minimum atomic E-state index is -0.138. The Hall–Kier alpha value is -2.60. The number of para-hydroxylation sites is 2. The molecule has 0 saturated heterocycles. The lowest BCUT2D eigenvalue weighted by Crippen LogP contribution is -2.25. The highest BCUT2D eigenvalue weighted by Gasteiger charge is 2.10. The van der Waals surface area contributed by atoms with Gasteiger partial charge in [-0.1, -0.05) is 12.1 Å². The molecule has 0 spiro atoms. The molecule has 0 aliphatic rings. The van der Waals surface area contributed by atoms with Gasteiger partial charge in [-0.3, -0.25) is 4.79 Å². The molecule has 0 aliphatic heterocycles. The van der Waals surface area contributed by atoms with Gasteiger partial charge in [-0.15, -0.1) is 0 Å². The number of hydrogen-bond acceptors (Lipinski definition) is 4. The van der Waals surface area contributed by atoms with Crippen LogP contribution in [-0.4, -0.2) is 22.0 Å². The predicted octanol–water partition coefficient (Wildman–Crippen LogP) is 2.22. The molecule has 23 heavy (non-hydrogen) atoms. The van der Waals surface area contributed by atoms with Crippen molar-refractivity contribution in [1.29, 1.82) is 0 Å². The average molecular weight is 312 g/mol. The van der Waals surface area contributed by atoms with Crippen LogP contribution in [0, 0.1) is 6.92 Å². The van der Waals surface area contributed by atoms with Gasteiger partial charge < -0.3 is 20.0 Å². The Bertz CT molecular complexity index is 819. The second kappa shape index (κ2) is 6.66. The van der Waals surface area contributed by atoms with Crippen LogP contribution in [-0.2, 0) is 13.1 Å². The van der Waals surface area contributed by atoms with Crippen LogP contribution in [0.3, 0.4) is 0 Å². The minimum absolute atomic E-state index is 0.138. The molecule has 0 fully saturated rings. The fourth-order valence-corrected chi connectivity index (χ4v) is 2.63. The Balaban J connectivity index is 1.55. The number of hydrogen-bond donors (Lipinski definition) is 2. The zero-order chi connectivity index (χ0) is 16.2. The smallest absolute Gasteiger partial charge is 0.254 e. The monoisotopic (exact) mass is 312 g/mol. The maximum atomic E-state index is 12.0. The molecule has 0 atom stereocenters. The largest absolute Gasteiger partial charge is 0.467 e. The third-order valence-corrected chi connectivity index (χ3v) is 3.81. The van der Waals surface area contributed by atoms with E-state index in [1.807, 2.05) is 25.1 Å². The Kier molecular flexibility index (Phi) is 4.43. The molecule has 0 saturated carbocycles. The van der Waals surface area contributed by atoms with Crippen molar-refractivity contribution < 1.29 is 9.21 Å². The van der Waals surface area contributed by atoms with E-state index in [0.717, 1.165) is 29.8 Å². The second-order valence-electron chi connectivity index (χ2n) is 5.41. The van der Waals surface area contributed by atoms with Crippen molar-refractivity contribution in [3.8, 4) is 0 Å². The van der Waals surface area contributed by atoms with E-state index in [-0.39, 0.29) is 5.91 Å². The molecule has 0 bridgehead atoms. The van der Waals surface area contributed by atoms with E-state index in [4.69, 9.17) is 10.2 Å². The zero-order valence-electron chi connectivity index (χ0n) is 13.1. The summed E-state index contributed by atoms with van der Waals surface area (Å²) < 4.78 is 7.34. The maximum Gasteiger partial charge on any atom is 0.254 e. The fraction of sp³-hybridized carbons (Fsp3) is 0.294. The van der Waals surface area contributed by atoms with E-state index in [1.165, 1.54) is 6.26 Å². The maximum absolute atomic E-state index is 12.0. The second-order valence-corrected chi connectivity index (χ2v) is 5.41. The average Bonchev–Trinajstić information content (AvgIpc) is 3.15. The number of rotatable bonds is 6. The number of nitrogens with zero attached hydrogens (tertiary/aromatic N) is 2. The van der Waals surface area contributed by atoms with Gasteiger partial charge >= 0.3 is 0 Å². The zero-order valence-corrected chi connectivity index (χ0v) is 13.1. The number of carbonyl (C=O) groups excluding carboxylic acids is 1. The first-order valence-corrected chi connectivity index (χ1v) is 7.66. The Morgan fingerprint density at radius 3 is 3.00 bits per heavy atom. The van der Waals surface area contributed by atoms with E-state index >= 15 is 0 Å². The van der Waals surface area contributed by atoms with Crippen LogP contribution < -0.4 is 11.1 Å². The Morgan fingerprint density at radius 2 is 2.22 bits per heavy atom. The van der Waals surface area contributed by atoms with E-state index in [9.17, 15) is 4.79 Å². The van der Waals surface area contributed by atoms with Gasteiger partial charge in [0, 0.05) is 13.1 Å². The highest BCUT2D eigenvalue weighted by molar-refractivity contribution is 5.93. The predicted molar refractivity (Wildman–Crippen MR) is 88.0 cm³/mol. The number of furan rings is 1. The third-order valence-electron chi connectivity index (χ3n) is 3.81. The molecular formula is C17H20N4O2. The number of benzene rings is 1. The summed E-state index contributed by atoms with van der Waals surface area (Å²) >= 11 is 0. The van der Waals surface area contributed by atoms with Crippen molar-refractivity contribution in [3.05, 3.63) is 53.7 Å². The molecule has 120 valence electrons. The van der Waals surface area contributed by atoms with Gasteiger partial charge in [-0.2, -0.15) is 0 Å². The van der Waals surface area contributed by atoms with E-state index in [0.29, 0.717) is 24.4 Å². The normalized spacial score (nSPS) is 11.0. The van der Waals surface area contributed by atoms with Gasteiger partial charge in [-0.25, -0.2) is 4.98 Å². The van der Waals surface area contributed by atoms with Gasteiger partial charge in [-0.05, 0) is 31.5 Å².